The number of carbonyl (C=O) groups is 4. The summed E-state index contributed by atoms with van der Waals surface area (Å²) in [5.41, 5.74) is 0. The van der Waals surface area contributed by atoms with Gasteiger partial charge >= 0.3 is 39.5 Å². The van der Waals surface area contributed by atoms with E-state index >= 15 is 0 Å². The van der Waals surface area contributed by atoms with E-state index in [9.17, 15) is 43.2 Å². The van der Waals surface area contributed by atoms with Crippen LogP contribution < -0.4 is 0 Å². The fourth-order valence-corrected chi connectivity index (χ4v) is 12.4. The number of hydrogen-bond donors (Lipinski definition) is 3. The summed E-state index contributed by atoms with van der Waals surface area (Å²) in [6, 6.07) is 0. The summed E-state index contributed by atoms with van der Waals surface area (Å²) in [5, 5.41) is 10.6. The Bertz CT molecular complexity index is 1800. The van der Waals surface area contributed by atoms with Gasteiger partial charge in [0.15, 0.2) is 12.2 Å². The summed E-state index contributed by atoms with van der Waals surface area (Å²) in [4.78, 5) is 72.6. The van der Waals surface area contributed by atoms with Crippen LogP contribution in [0.3, 0.4) is 0 Å². The summed E-state index contributed by atoms with van der Waals surface area (Å²) in [5.74, 6) is 0.862. The lowest BCUT2D eigenvalue weighted by Crippen LogP contribution is -2.30. The second-order valence-corrected chi connectivity index (χ2v) is 30.6. The molecule has 0 heterocycles. The van der Waals surface area contributed by atoms with Crippen molar-refractivity contribution in [2.75, 3.05) is 39.6 Å². The number of ether oxygens (including phenoxy) is 4. The Labute approximate surface area is 556 Å². The molecule has 0 aliphatic carbocycles. The molecule has 0 saturated heterocycles. The predicted octanol–water partition coefficient (Wildman–Crippen LogP) is 20.5. The van der Waals surface area contributed by atoms with Gasteiger partial charge in [-0.3, -0.25) is 37.3 Å². The molecule has 0 aromatic heterocycles. The van der Waals surface area contributed by atoms with Crippen LogP contribution in [0.4, 0.5) is 0 Å². The van der Waals surface area contributed by atoms with Crippen molar-refractivity contribution in [2.45, 2.75) is 375 Å². The number of esters is 4. The first-order valence-electron chi connectivity index (χ1n) is 37.2. The first kappa shape index (κ1) is 89.1. The Kier molecular flexibility index (Phi) is 60.3. The maximum Gasteiger partial charge on any atom is 0.472 e. The number of carbonyl (C=O) groups excluding carboxylic acids is 4. The molecule has 3 unspecified atom stereocenters. The minimum absolute atomic E-state index is 0.102. The highest BCUT2D eigenvalue weighted by Gasteiger charge is 2.30. The molecule has 0 rings (SSSR count). The Morgan fingerprint density at radius 1 is 0.308 bits per heavy atom. The second-order valence-electron chi connectivity index (χ2n) is 27.6. The standard InChI is InChI=1S/C72H140O17P2/c1-9-65(8)51-43-35-26-20-16-12-10-11-13-17-22-28-38-46-54-71(76)88-67(58-82-69(74)52-44-36-27-21-18-14-15-19-24-32-40-48-62(2)3)60-86-90(78,79)84-56-66(73)57-85-91(80,81)87-61-68(59-83-70(75)53-45-37-31-30-34-42-50-64(6)7)89-72(77)55-47-39-29-23-25-33-41-49-63(4)5/h62-68,73H,9-61H2,1-8H3,(H,78,79)(H,80,81)/t65?,66-,67-,68-/m1/s1. The number of unbranched alkanes of at least 4 members (excludes halogenated alkanes) is 34. The zero-order valence-corrected chi connectivity index (χ0v) is 61.3. The molecular formula is C72H140O17P2. The molecule has 17 nitrogen and oxygen atoms in total. The lowest BCUT2D eigenvalue weighted by Gasteiger charge is -2.21. The summed E-state index contributed by atoms with van der Waals surface area (Å²) >= 11 is 0. The molecule has 6 atom stereocenters. The smallest absolute Gasteiger partial charge is 0.462 e. The fourth-order valence-electron chi connectivity index (χ4n) is 10.8. The Hall–Kier alpha value is -1.94. The average molecular weight is 1340 g/mol. The van der Waals surface area contributed by atoms with Crippen LogP contribution in [0.2, 0.25) is 0 Å². The third-order valence-corrected chi connectivity index (χ3v) is 18.8. The number of aliphatic hydroxyl groups is 1. The zero-order chi connectivity index (χ0) is 67.5. The Morgan fingerprint density at radius 2 is 0.527 bits per heavy atom. The predicted molar refractivity (Wildman–Crippen MR) is 367 cm³/mol. The van der Waals surface area contributed by atoms with Crippen LogP contribution in [-0.2, 0) is 65.4 Å². The van der Waals surface area contributed by atoms with E-state index in [2.05, 4.69) is 55.4 Å². The van der Waals surface area contributed by atoms with E-state index in [0.717, 1.165) is 108 Å². The molecule has 3 N–H and O–H groups in total. The molecule has 0 saturated carbocycles. The van der Waals surface area contributed by atoms with Crippen molar-refractivity contribution in [2.24, 2.45) is 23.7 Å². The number of hydrogen-bond acceptors (Lipinski definition) is 15. The van der Waals surface area contributed by atoms with Gasteiger partial charge in [-0.05, 0) is 49.4 Å². The topological polar surface area (TPSA) is 237 Å². The quantitative estimate of drug-likeness (QED) is 0.0222. The highest BCUT2D eigenvalue weighted by Crippen LogP contribution is 2.45. The molecule has 0 aliphatic heterocycles. The van der Waals surface area contributed by atoms with Crippen molar-refractivity contribution in [3.63, 3.8) is 0 Å². The SMILES string of the molecule is CCC(C)CCCCCCCCCCCCCCCCC(=O)O[C@H](COC(=O)CCCCCCCCCCCCCC(C)C)COP(=O)(O)OC[C@@H](O)COP(=O)(O)OC[C@@H](COC(=O)CCCCCCCCC(C)C)OC(=O)CCCCCCCCCC(C)C. The summed E-state index contributed by atoms with van der Waals surface area (Å²) in [6.07, 6.45) is 44.6. The number of phosphoric acid groups is 2. The first-order chi connectivity index (χ1) is 43.6. The van der Waals surface area contributed by atoms with Crippen LogP contribution in [0.15, 0.2) is 0 Å². The maximum absolute atomic E-state index is 13.0. The van der Waals surface area contributed by atoms with Crippen LogP contribution in [0.1, 0.15) is 357 Å². The van der Waals surface area contributed by atoms with Crippen molar-refractivity contribution < 1.29 is 80.2 Å². The van der Waals surface area contributed by atoms with Crippen molar-refractivity contribution in [3.05, 3.63) is 0 Å². The molecule has 0 fully saturated rings. The molecule has 0 radical (unpaired) electrons. The van der Waals surface area contributed by atoms with Gasteiger partial charge in [-0.15, -0.1) is 0 Å². The van der Waals surface area contributed by atoms with E-state index in [1.54, 1.807) is 0 Å². The van der Waals surface area contributed by atoms with Gasteiger partial charge < -0.3 is 33.8 Å². The van der Waals surface area contributed by atoms with E-state index in [4.69, 9.17) is 37.0 Å². The van der Waals surface area contributed by atoms with Crippen LogP contribution in [0.25, 0.3) is 0 Å². The van der Waals surface area contributed by atoms with Gasteiger partial charge in [-0.2, -0.15) is 0 Å². The van der Waals surface area contributed by atoms with E-state index in [0.29, 0.717) is 37.5 Å². The van der Waals surface area contributed by atoms with Crippen molar-refractivity contribution in [3.8, 4) is 0 Å². The monoisotopic (exact) mass is 1340 g/mol. The van der Waals surface area contributed by atoms with Gasteiger partial charge in [0.05, 0.1) is 26.4 Å². The zero-order valence-electron chi connectivity index (χ0n) is 59.5. The van der Waals surface area contributed by atoms with Crippen molar-refractivity contribution >= 4 is 39.5 Å². The van der Waals surface area contributed by atoms with Gasteiger partial charge in [0.1, 0.15) is 19.3 Å². The third-order valence-electron chi connectivity index (χ3n) is 16.9. The molecular weight excluding hydrogens is 1200 g/mol. The average Bonchev–Trinajstić information content (AvgIpc) is 3.32. The molecule has 540 valence electrons. The minimum Gasteiger partial charge on any atom is -0.462 e. The summed E-state index contributed by atoms with van der Waals surface area (Å²) < 4.78 is 68.3. The molecule has 0 spiro atoms. The molecule has 0 aliphatic rings. The number of rotatable bonds is 69. The van der Waals surface area contributed by atoms with Crippen LogP contribution >= 0.6 is 15.6 Å². The maximum atomic E-state index is 13.0. The summed E-state index contributed by atoms with van der Waals surface area (Å²) in [6.45, 7) is 14.1. The van der Waals surface area contributed by atoms with Gasteiger partial charge in [-0.1, -0.05) is 306 Å². The molecule has 0 aromatic carbocycles. The van der Waals surface area contributed by atoms with Gasteiger partial charge in [-0.25, -0.2) is 9.13 Å². The Balaban J connectivity index is 5.23. The minimum atomic E-state index is -4.95. The van der Waals surface area contributed by atoms with Gasteiger partial charge in [0.2, 0.25) is 0 Å². The molecule has 0 bridgehead atoms. The highest BCUT2D eigenvalue weighted by molar-refractivity contribution is 7.47. The second kappa shape index (κ2) is 61.6. The van der Waals surface area contributed by atoms with Crippen LogP contribution in [0.5, 0.6) is 0 Å². The third kappa shape index (κ3) is 65.1. The van der Waals surface area contributed by atoms with Crippen LogP contribution in [-0.4, -0.2) is 96.7 Å². The Morgan fingerprint density at radius 3 is 0.780 bits per heavy atom. The molecule has 0 amide bonds. The van der Waals surface area contributed by atoms with E-state index < -0.39 is 97.5 Å². The first-order valence-corrected chi connectivity index (χ1v) is 40.2. The van der Waals surface area contributed by atoms with E-state index in [1.165, 1.54) is 154 Å². The van der Waals surface area contributed by atoms with Crippen molar-refractivity contribution in [1.82, 2.24) is 0 Å². The fraction of sp³-hybridized carbons (Fsp3) is 0.944. The lowest BCUT2D eigenvalue weighted by molar-refractivity contribution is -0.161. The highest BCUT2D eigenvalue weighted by atomic mass is 31.2. The lowest BCUT2D eigenvalue weighted by atomic mass is 9.99. The molecule has 19 heteroatoms. The van der Waals surface area contributed by atoms with Gasteiger partial charge in [0.25, 0.3) is 0 Å². The van der Waals surface area contributed by atoms with E-state index in [1.807, 2.05) is 0 Å². The normalized spacial score (nSPS) is 14.5. The largest absolute Gasteiger partial charge is 0.472 e. The van der Waals surface area contributed by atoms with Crippen LogP contribution in [0, 0.1) is 23.7 Å². The molecule has 91 heavy (non-hydrogen) atoms. The van der Waals surface area contributed by atoms with Crippen molar-refractivity contribution in [1.29, 1.82) is 0 Å². The number of phosphoric ester groups is 2. The molecule has 0 aromatic rings. The summed E-state index contributed by atoms with van der Waals surface area (Å²) in [7, 11) is -9.90. The van der Waals surface area contributed by atoms with E-state index in [-0.39, 0.29) is 25.7 Å². The van der Waals surface area contributed by atoms with Gasteiger partial charge in [0, 0.05) is 25.7 Å². The number of aliphatic hydroxyl groups excluding tert-OH is 1.